The summed E-state index contributed by atoms with van der Waals surface area (Å²) in [5, 5.41) is 8.79. The Balaban J connectivity index is 0.00000400. The fourth-order valence-electron chi connectivity index (χ4n) is 2.05. The number of carbonyl (C=O) groups is 1. The standard InChI is InChI=1S/C14H20O5S.Na/c15-14(16)13(20(17,18)19)11-7-2-1-4-8-12-9-5-3-6-10-12;/h3,5-6,9-10,13H,1-2,4,7-8,11H2,(H,15,16)(H,17,18,19);/q;+1/p-1. The quantitative estimate of drug-likeness (QED) is 0.328. The number of hydrogen-bond acceptors (Lipinski definition) is 4. The molecule has 1 aromatic carbocycles. The van der Waals surface area contributed by atoms with Crippen LogP contribution in [0.1, 0.15) is 37.7 Å². The van der Waals surface area contributed by atoms with Crippen LogP contribution in [0.2, 0.25) is 0 Å². The van der Waals surface area contributed by atoms with Crippen molar-refractivity contribution in [1.29, 1.82) is 0 Å². The molecule has 0 saturated heterocycles. The largest absolute Gasteiger partial charge is 1.00 e. The first-order valence-electron chi connectivity index (χ1n) is 6.62. The van der Waals surface area contributed by atoms with Gasteiger partial charge in [0.25, 0.3) is 10.1 Å². The molecule has 1 unspecified atom stereocenters. The maximum absolute atomic E-state index is 10.8. The minimum Gasteiger partial charge on any atom is -0.549 e. The first-order chi connectivity index (χ1) is 9.41. The molecule has 1 N–H and O–H groups in total. The van der Waals surface area contributed by atoms with Crippen molar-refractivity contribution >= 4 is 16.1 Å². The zero-order chi connectivity index (χ0) is 15.0. The van der Waals surface area contributed by atoms with Gasteiger partial charge in [0.05, 0.1) is 5.97 Å². The summed E-state index contributed by atoms with van der Waals surface area (Å²) in [5.41, 5.74) is 1.25. The molecule has 112 valence electrons. The minimum absolute atomic E-state index is 0. The van der Waals surface area contributed by atoms with E-state index < -0.39 is 21.3 Å². The third-order valence-electron chi connectivity index (χ3n) is 3.15. The number of aliphatic carboxylic acids is 1. The molecule has 0 radical (unpaired) electrons. The van der Waals surface area contributed by atoms with Crippen LogP contribution in [0.4, 0.5) is 0 Å². The molecule has 7 heteroatoms. The zero-order valence-corrected chi connectivity index (χ0v) is 15.0. The molecule has 5 nitrogen and oxygen atoms in total. The molecule has 0 fully saturated rings. The van der Waals surface area contributed by atoms with Gasteiger partial charge in [-0.15, -0.1) is 0 Å². The van der Waals surface area contributed by atoms with Gasteiger partial charge in [-0.25, -0.2) is 0 Å². The van der Waals surface area contributed by atoms with E-state index in [-0.39, 0.29) is 36.0 Å². The fourth-order valence-corrected chi connectivity index (χ4v) is 2.75. The van der Waals surface area contributed by atoms with Crippen LogP contribution < -0.4 is 34.7 Å². The van der Waals surface area contributed by atoms with Crippen molar-refractivity contribution in [2.45, 2.75) is 43.8 Å². The summed E-state index contributed by atoms with van der Waals surface area (Å²) in [4.78, 5) is 10.6. The summed E-state index contributed by atoms with van der Waals surface area (Å²) in [6.45, 7) is 0. The van der Waals surface area contributed by atoms with Gasteiger partial charge in [-0.05, 0) is 24.8 Å². The van der Waals surface area contributed by atoms with E-state index in [1.165, 1.54) is 5.56 Å². The van der Waals surface area contributed by atoms with E-state index in [1.54, 1.807) is 0 Å². The van der Waals surface area contributed by atoms with Crippen LogP contribution in [0.3, 0.4) is 0 Å². The molecule has 0 aromatic heterocycles. The van der Waals surface area contributed by atoms with Crippen LogP contribution in [0, 0.1) is 0 Å². The predicted octanol–water partition coefficient (Wildman–Crippen LogP) is -1.81. The minimum atomic E-state index is -4.56. The summed E-state index contributed by atoms with van der Waals surface area (Å²) in [5.74, 6) is -1.74. The predicted molar refractivity (Wildman–Crippen MR) is 73.6 cm³/mol. The second kappa shape index (κ2) is 10.3. The van der Waals surface area contributed by atoms with E-state index in [0.717, 1.165) is 25.7 Å². The van der Waals surface area contributed by atoms with Gasteiger partial charge >= 0.3 is 29.6 Å². The zero-order valence-electron chi connectivity index (χ0n) is 12.2. The third kappa shape index (κ3) is 8.58. The van der Waals surface area contributed by atoms with Crippen LogP contribution in [-0.4, -0.2) is 24.2 Å². The summed E-state index contributed by atoms with van der Waals surface area (Å²) in [6, 6.07) is 10.0. The van der Waals surface area contributed by atoms with Crippen molar-refractivity contribution in [3.05, 3.63) is 35.9 Å². The van der Waals surface area contributed by atoms with Gasteiger partial charge in [0.2, 0.25) is 0 Å². The molecule has 1 aromatic rings. The first-order valence-corrected chi connectivity index (χ1v) is 8.12. The smallest absolute Gasteiger partial charge is 0.549 e. The van der Waals surface area contributed by atoms with Crippen molar-refractivity contribution in [1.82, 2.24) is 0 Å². The number of rotatable bonds is 9. The van der Waals surface area contributed by atoms with Crippen LogP contribution in [0.15, 0.2) is 30.3 Å². The van der Waals surface area contributed by atoms with Gasteiger partial charge in [0, 0.05) is 0 Å². The normalized spacial score (nSPS) is 12.4. The number of carboxylic acids is 1. The number of unbranched alkanes of at least 4 members (excludes halogenated alkanes) is 3. The fraction of sp³-hybridized carbons (Fsp3) is 0.500. The average Bonchev–Trinajstić information content (AvgIpc) is 2.37. The van der Waals surface area contributed by atoms with Crippen molar-refractivity contribution in [3.8, 4) is 0 Å². The van der Waals surface area contributed by atoms with Gasteiger partial charge in [-0.2, -0.15) is 8.42 Å². The van der Waals surface area contributed by atoms with Gasteiger partial charge < -0.3 is 9.90 Å². The van der Waals surface area contributed by atoms with Crippen molar-refractivity contribution in [2.75, 3.05) is 0 Å². The van der Waals surface area contributed by atoms with Crippen molar-refractivity contribution in [3.63, 3.8) is 0 Å². The Bertz CT molecular complexity index is 515. The van der Waals surface area contributed by atoms with Gasteiger partial charge in [-0.3, -0.25) is 4.55 Å². The number of aryl methyl sites for hydroxylation is 1. The van der Waals surface area contributed by atoms with Crippen LogP contribution in [-0.2, 0) is 21.3 Å². The monoisotopic (exact) mass is 322 g/mol. The van der Waals surface area contributed by atoms with Gasteiger partial charge in [0.15, 0.2) is 0 Å². The first kappa shape index (κ1) is 20.6. The topological polar surface area (TPSA) is 94.5 Å². The van der Waals surface area contributed by atoms with E-state index in [0.29, 0.717) is 6.42 Å². The maximum Gasteiger partial charge on any atom is 1.00 e. The summed E-state index contributed by atoms with van der Waals surface area (Å²) < 4.78 is 30.4. The molecule has 0 aliphatic heterocycles. The Kier molecular flexibility index (Phi) is 10.1. The Hall–Kier alpha value is -0.400. The molecule has 0 saturated carbocycles. The van der Waals surface area contributed by atoms with Crippen LogP contribution in [0.5, 0.6) is 0 Å². The van der Waals surface area contributed by atoms with E-state index in [4.69, 9.17) is 4.55 Å². The summed E-state index contributed by atoms with van der Waals surface area (Å²) in [7, 11) is -4.56. The number of carboxylic acid groups (broad SMARTS) is 1. The second-order valence-electron chi connectivity index (χ2n) is 4.76. The van der Waals surface area contributed by atoms with Crippen LogP contribution >= 0.6 is 0 Å². The molecule has 1 atom stereocenters. The third-order valence-corrected chi connectivity index (χ3v) is 4.29. The Labute approximate surface area is 147 Å². The van der Waals surface area contributed by atoms with Gasteiger partial charge in [-0.1, -0.05) is 49.6 Å². The van der Waals surface area contributed by atoms with Crippen molar-refractivity contribution in [2.24, 2.45) is 0 Å². The SMILES string of the molecule is O=C([O-])C(CCCCCCc1ccccc1)S(=O)(=O)O.[Na+]. The van der Waals surface area contributed by atoms with E-state index >= 15 is 0 Å². The molecular formula is C14H19NaO5S. The molecule has 21 heavy (non-hydrogen) atoms. The van der Waals surface area contributed by atoms with Gasteiger partial charge in [0.1, 0.15) is 5.25 Å². The number of benzene rings is 1. The molecule has 0 amide bonds. The maximum atomic E-state index is 10.8. The molecule has 0 heterocycles. The Morgan fingerprint density at radius 3 is 2.19 bits per heavy atom. The van der Waals surface area contributed by atoms with Crippen molar-refractivity contribution < 1.29 is 52.4 Å². The molecule has 0 bridgehead atoms. The molecule has 0 spiro atoms. The molecule has 0 aliphatic carbocycles. The Morgan fingerprint density at radius 2 is 1.67 bits per heavy atom. The molecule has 1 rings (SSSR count). The second-order valence-corrected chi connectivity index (χ2v) is 6.36. The van der Waals surface area contributed by atoms with Crippen LogP contribution in [0.25, 0.3) is 0 Å². The summed E-state index contributed by atoms with van der Waals surface area (Å²) >= 11 is 0. The molecular weight excluding hydrogens is 303 g/mol. The average molecular weight is 322 g/mol. The van der Waals surface area contributed by atoms with E-state index in [2.05, 4.69) is 0 Å². The number of carbonyl (C=O) groups excluding carboxylic acids is 1. The Morgan fingerprint density at radius 1 is 1.10 bits per heavy atom. The van der Waals surface area contributed by atoms with E-state index in [1.807, 2.05) is 30.3 Å². The molecule has 0 aliphatic rings. The summed E-state index contributed by atoms with van der Waals surface area (Å²) in [6.07, 6.45) is 3.86. The number of hydrogen-bond donors (Lipinski definition) is 1. The van der Waals surface area contributed by atoms with E-state index in [9.17, 15) is 18.3 Å².